The van der Waals surface area contributed by atoms with Gasteiger partial charge in [0.25, 0.3) is 0 Å². The topological polar surface area (TPSA) is 45.7 Å². The summed E-state index contributed by atoms with van der Waals surface area (Å²) in [6, 6.07) is 10.9. The second kappa shape index (κ2) is 10.8. The van der Waals surface area contributed by atoms with Crippen molar-refractivity contribution >= 4 is 29.9 Å². The van der Waals surface area contributed by atoms with Crippen molar-refractivity contribution in [1.82, 2.24) is 10.6 Å². The first-order valence-corrected chi connectivity index (χ1v) is 7.94. The molecule has 0 aromatic heterocycles. The summed E-state index contributed by atoms with van der Waals surface area (Å²) >= 11 is 0. The molecule has 0 heterocycles. The fourth-order valence-electron chi connectivity index (χ4n) is 1.99. The van der Waals surface area contributed by atoms with Gasteiger partial charge >= 0.3 is 0 Å². The lowest BCUT2D eigenvalue weighted by atomic mass is 10.2. The number of nitrogens with one attached hydrogen (secondary N) is 2. The summed E-state index contributed by atoms with van der Waals surface area (Å²) in [6.07, 6.45) is 2.53. The van der Waals surface area contributed by atoms with Gasteiger partial charge < -0.3 is 15.4 Å². The summed E-state index contributed by atoms with van der Waals surface area (Å²) in [6.45, 7) is 7.37. The van der Waals surface area contributed by atoms with E-state index in [0.29, 0.717) is 18.6 Å². The van der Waals surface area contributed by atoms with Crippen LogP contribution < -0.4 is 10.6 Å². The third kappa shape index (κ3) is 7.98. The first kappa shape index (κ1) is 19.2. The van der Waals surface area contributed by atoms with E-state index in [1.54, 1.807) is 0 Å². The van der Waals surface area contributed by atoms with Crippen LogP contribution in [0.4, 0.5) is 0 Å². The molecule has 0 aliphatic heterocycles. The maximum Gasteiger partial charge on any atom is 0.191 e. The van der Waals surface area contributed by atoms with Crippen LogP contribution in [0.2, 0.25) is 0 Å². The van der Waals surface area contributed by atoms with Gasteiger partial charge in [-0.05, 0) is 31.2 Å². The lowest BCUT2D eigenvalue weighted by Crippen LogP contribution is -2.38. The normalized spacial score (nSPS) is 15.8. The highest BCUT2D eigenvalue weighted by molar-refractivity contribution is 14.0. The molecule has 1 aromatic carbocycles. The molecule has 1 fully saturated rings. The zero-order valence-corrected chi connectivity index (χ0v) is 15.9. The van der Waals surface area contributed by atoms with E-state index >= 15 is 0 Å². The Kier molecular flexibility index (Phi) is 9.47. The number of hydrogen-bond acceptors (Lipinski definition) is 2. The van der Waals surface area contributed by atoms with Gasteiger partial charge in [0.15, 0.2) is 5.96 Å². The minimum atomic E-state index is 0. The number of guanidine groups is 1. The van der Waals surface area contributed by atoms with Crippen LogP contribution in [0.1, 0.15) is 32.3 Å². The molecule has 0 spiro atoms. The van der Waals surface area contributed by atoms with E-state index in [-0.39, 0.29) is 24.0 Å². The number of halogens is 1. The van der Waals surface area contributed by atoms with E-state index in [1.165, 1.54) is 18.4 Å². The van der Waals surface area contributed by atoms with Gasteiger partial charge in [-0.1, -0.05) is 37.3 Å². The number of ether oxygens (including phenoxy) is 1. The molecular formula is C17H28IN3O. The zero-order valence-electron chi connectivity index (χ0n) is 13.5. The van der Waals surface area contributed by atoms with Crippen LogP contribution >= 0.6 is 24.0 Å². The van der Waals surface area contributed by atoms with Crippen LogP contribution in [-0.2, 0) is 11.3 Å². The van der Waals surface area contributed by atoms with Crippen molar-refractivity contribution in [3.05, 3.63) is 35.9 Å². The highest BCUT2D eigenvalue weighted by atomic mass is 127. The fraction of sp³-hybridized carbons (Fsp3) is 0.588. The molecule has 0 radical (unpaired) electrons. The number of hydrogen-bond donors (Lipinski definition) is 2. The fourth-order valence-corrected chi connectivity index (χ4v) is 1.99. The average molecular weight is 417 g/mol. The molecule has 22 heavy (non-hydrogen) atoms. The van der Waals surface area contributed by atoms with Gasteiger partial charge in [-0.3, -0.25) is 4.99 Å². The largest absolute Gasteiger partial charge is 0.376 e. The van der Waals surface area contributed by atoms with Gasteiger partial charge in [0, 0.05) is 19.1 Å². The molecule has 1 atom stereocenters. The quantitative estimate of drug-likeness (QED) is 0.388. The summed E-state index contributed by atoms with van der Waals surface area (Å²) < 4.78 is 5.76. The summed E-state index contributed by atoms with van der Waals surface area (Å²) in [4.78, 5) is 4.63. The lowest BCUT2D eigenvalue weighted by Gasteiger charge is -2.13. The van der Waals surface area contributed by atoms with Gasteiger partial charge in [-0.15, -0.1) is 24.0 Å². The molecular weight excluding hydrogens is 389 g/mol. The molecule has 2 N–H and O–H groups in total. The molecule has 1 aromatic rings. The molecule has 4 nitrogen and oxygen atoms in total. The van der Waals surface area contributed by atoms with Crippen LogP contribution in [-0.4, -0.2) is 31.7 Å². The highest BCUT2D eigenvalue weighted by Gasteiger charge is 2.22. The molecule has 0 saturated heterocycles. The maximum absolute atomic E-state index is 5.76. The van der Waals surface area contributed by atoms with Crippen LogP contribution in [0.15, 0.2) is 35.3 Å². The second-order valence-corrected chi connectivity index (χ2v) is 5.74. The van der Waals surface area contributed by atoms with Crippen molar-refractivity contribution in [1.29, 1.82) is 0 Å². The Morgan fingerprint density at radius 3 is 2.68 bits per heavy atom. The van der Waals surface area contributed by atoms with Crippen molar-refractivity contribution in [2.75, 3.05) is 19.7 Å². The maximum atomic E-state index is 5.76. The number of nitrogens with zero attached hydrogens (tertiary/aromatic N) is 1. The Balaban J connectivity index is 0.00000242. The number of benzene rings is 1. The van der Waals surface area contributed by atoms with Crippen LogP contribution in [0, 0.1) is 5.92 Å². The molecule has 124 valence electrons. The van der Waals surface area contributed by atoms with E-state index in [2.05, 4.69) is 41.6 Å². The summed E-state index contributed by atoms with van der Waals surface area (Å²) in [5.74, 6) is 1.36. The predicted molar refractivity (Wildman–Crippen MR) is 103 cm³/mol. The smallest absolute Gasteiger partial charge is 0.191 e. The lowest BCUT2D eigenvalue weighted by molar-refractivity contribution is 0.0945. The monoisotopic (exact) mass is 417 g/mol. The average Bonchev–Trinajstić information content (AvgIpc) is 3.30. The van der Waals surface area contributed by atoms with Crippen molar-refractivity contribution in [3.8, 4) is 0 Å². The zero-order chi connectivity index (χ0) is 14.9. The van der Waals surface area contributed by atoms with E-state index in [9.17, 15) is 0 Å². The minimum Gasteiger partial charge on any atom is -0.376 e. The van der Waals surface area contributed by atoms with Crippen LogP contribution in [0.5, 0.6) is 0 Å². The SMILES string of the molecule is CCNC(=NCC(C)COCc1ccccc1)NC1CC1.I. The standard InChI is InChI=1S/C17H27N3O.HI/c1-3-18-17(20-16-9-10-16)19-11-14(2)12-21-13-15-7-5-4-6-8-15;/h4-8,14,16H,3,9-13H2,1-2H3,(H2,18,19,20);1H. The Hall–Kier alpha value is -0.820. The molecule has 2 rings (SSSR count). The Labute approximate surface area is 151 Å². The van der Waals surface area contributed by atoms with Crippen molar-refractivity contribution in [3.63, 3.8) is 0 Å². The third-order valence-electron chi connectivity index (χ3n) is 3.34. The van der Waals surface area contributed by atoms with Crippen molar-refractivity contribution < 1.29 is 4.74 Å². The summed E-state index contributed by atoms with van der Waals surface area (Å²) in [7, 11) is 0. The third-order valence-corrected chi connectivity index (χ3v) is 3.34. The Morgan fingerprint density at radius 2 is 2.05 bits per heavy atom. The predicted octanol–water partition coefficient (Wildman–Crippen LogP) is 3.17. The van der Waals surface area contributed by atoms with Crippen LogP contribution in [0.3, 0.4) is 0 Å². The van der Waals surface area contributed by atoms with Crippen molar-refractivity contribution in [2.24, 2.45) is 10.9 Å². The minimum absolute atomic E-state index is 0. The first-order chi connectivity index (χ1) is 10.3. The Bertz CT molecular complexity index is 435. The van der Waals surface area contributed by atoms with Gasteiger partial charge in [0.1, 0.15) is 0 Å². The van der Waals surface area contributed by atoms with Gasteiger partial charge in [-0.25, -0.2) is 0 Å². The van der Waals surface area contributed by atoms with E-state index in [4.69, 9.17) is 4.74 Å². The molecule has 1 saturated carbocycles. The summed E-state index contributed by atoms with van der Waals surface area (Å²) in [5.41, 5.74) is 1.22. The van der Waals surface area contributed by atoms with E-state index < -0.39 is 0 Å². The van der Waals surface area contributed by atoms with Gasteiger partial charge in [-0.2, -0.15) is 0 Å². The van der Waals surface area contributed by atoms with Crippen LogP contribution in [0.25, 0.3) is 0 Å². The van der Waals surface area contributed by atoms with E-state index in [0.717, 1.165) is 25.7 Å². The van der Waals surface area contributed by atoms with Crippen molar-refractivity contribution in [2.45, 2.75) is 39.3 Å². The molecule has 0 amide bonds. The second-order valence-electron chi connectivity index (χ2n) is 5.74. The first-order valence-electron chi connectivity index (χ1n) is 7.94. The van der Waals surface area contributed by atoms with Gasteiger partial charge in [0.2, 0.25) is 0 Å². The molecule has 1 aliphatic carbocycles. The molecule has 0 bridgehead atoms. The number of aliphatic imine (C=N–C) groups is 1. The molecule has 5 heteroatoms. The molecule has 1 aliphatic rings. The Morgan fingerprint density at radius 1 is 1.32 bits per heavy atom. The van der Waals surface area contributed by atoms with Gasteiger partial charge in [0.05, 0.1) is 13.2 Å². The van der Waals surface area contributed by atoms with E-state index in [1.807, 2.05) is 18.2 Å². The number of rotatable bonds is 8. The highest BCUT2D eigenvalue weighted by Crippen LogP contribution is 2.18. The molecule has 1 unspecified atom stereocenters. The summed E-state index contributed by atoms with van der Waals surface area (Å²) in [5, 5.41) is 6.72.